The van der Waals surface area contributed by atoms with Gasteiger partial charge in [0.1, 0.15) is 0 Å². The predicted molar refractivity (Wildman–Crippen MR) is 73.8 cm³/mol. The Morgan fingerprint density at radius 2 is 2.28 bits per heavy atom. The Kier molecular flexibility index (Phi) is 6.18. The number of likely N-dealkylation sites (N-methyl/N-ethyl adjacent to an activating group) is 1. The summed E-state index contributed by atoms with van der Waals surface area (Å²) in [4.78, 5) is 2.25. The molecule has 0 aliphatic carbocycles. The number of amidine groups is 1. The number of hydrogen-bond acceptors (Lipinski definition) is 4. The quantitative estimate of drug-likeness (QED) is 0.220. The minimum absolute atomic E-state index is 0.141. The molecule has 5 heteroatoms. The summed E-state index contributed by atoms with van der Waals surface area (Å²) >= 11 is 0. The zero-order valence-electron chi connectivity index (χ0n) is 11.1. The minimum atomic E-state index is 0.141. The maximum absolute atomic E-state index is 8.62. The lowest BCUT2D eigenvalue weighted by atomic mass is 10.1. The first-order valence-corrected chi connectivity index (χ1v) is 6.13. The Bertz CT molecular complexity index is 392. The van der Waals surface area contributed by atoms with E-state index in [1.54, 1.807) is 0 Å². The van der Waals surface area contributed by atoms with Crippen molar-refractivity contribution >= 4 is 5.84 Å². The third kappa shape index (κ3) is 4.73. The number of nitrogens with zero attached hydrogens (tertiary/aromatic N) is 2. The van der Waals surface area contributed by atoms with E-state index in [0.29, 0.717) is 0 Å². The summed E-state index contributed by atoms with van der Waals surface area (Å²) in [7, 11) is 2.10. The van der Waals surface area contributed by atoms with Gasteiger partial charge in [-0.05, 0) is 25.2 Å². The molecule has 5 nitrogen and oxygen atoms in total. The number of hydrogen-bond donors (Lipinski definition) is 3. The minimum Gasteiger partial charge on any atom is -0.409 e. The lowest BCUT2D eigenvalue weighted by molar-refractivity contribution is 0.318. The molecule has 0 atom stereocenters. The van der Waals surface area contributed by atoms with Gasteiger partial charge in [0.05, 0.1) is 0 Å². The van der Waals surface area contributed by atoms with Crippen LogP contribution in [-0.4, -0.2) is 42.6 Å². The number of nitrogens with one attached hydrogen (secondary N) is 1. The molecule has 1 rings (SSSR count). The van der Waals surface area contributed by atoms with Crippen LogP contribution >= 0.6 is 0 Å². The lowest BCUT2D eigenvalue weighted by Gasteiger charge is -2.14. The topological polar surface area (TPSA) is 73.9 Å². The second-order valence-electron chi connectivity index (χ2n) is 4.26. The summed E-state index contributed by atoms with van der Waals surface area (Å²) in [6.07, 6.45) is 0. The van der Waals surface area contributed by atoms with Gasteiger partial charge in [0.25, 0.3) is 0 Å². The largest absolute Gasteiger partial charge is 0.409 e. The van der Waals surface area contributed by atoms with Crippen LogP contribution in [0, 0.1) is 0 Å². The normalized spacial score (nSPS) is 12.1. The maximum atomic E-state index is 8.62. The fraction of sp³-hybridized carbons (Fsp3) is 0.462. The van der Waals surface area contributed by atoms with Gasteiger partial charge in [0.15, 0.2) is 5.84 Å². The van der Waals surface area contributed by atoms with E-state index < -0.39 is 0 Å². The first-order valence-electron chi connectivity index (χ1n) is 6.13. The molecule has 18 heavy (non-hydrogen) atoms. The highest BCUT2D eigenvalue weighted by atomic mass is 16.4. The molecule has 0 saturated heterocycles. The summed E-state index contributed by atoms with van der Waals surface area (Å²) < 4.78 is 0. The van der Waals surface area contributed by atoms with E-state index in [1.165, 1.54) is 0 Å². The van der Waals surface area contributed by atoms with Gasteiger partial charge >= 0.3 is 0 Å². The van der Waals surface area contributed by atoms with Gasteiger partial charge in [-0.15, -0.1) is 0 Å². The Morgan fingerprint density at radius 1 is 1.50 bits per heavy atom. The zero-order valence-corrected chi connectivity index (χ0v) is 11.1. The van der Waals surface area contributed by atoms with Crippen LogP contribution in [0.5, 0.6) is 0 Å². The van der Waals surface area contributed by atoms with Crippen molar-refractivity contribution in [3.63, 3.8) is 0 Å². The molecule has 4 N–H and O–H groups in total. The maximum Gasteiger partial charge on any atom is 0.170 e. The Morgan fingerprint density at radius 3 is 2.94 bits per heavy atom. The number of nitrogens with two attached hydrogens (primary N) is 1. The fourth-order valence-corrected chi connectivity index (χ4v) is 1.56. The van der Waals surface area contributed by atoms with Crippen molar-refractivity contribution < 1.29 is 5.21 Å². The highest BCUT2D eigenvalue weighted by Crippen LogP contribution is 2.04. The van der Waals surface area contributed by atoms with Gasteiger partial charge in [-0.2, -0.15) is 0 Å². The molecule has 0 aromatic heterocycles. The number of rotatable bonds is 7. The highest BCUT2D eigenvalue weighted by Gasteiger charge is 2.00. The summed E-state index contributed by atoms with van der Waals surface area (Å²) in [5.41, 5.74) is 7.41. The van der Waals surface area contributed by atoms with Crippen molar-refractivity contribution in [2.75, 3.05) is 26.7 Å². The summed E-state index contributed by atoms with van der Waals surface area (Å²) in [5.74, 6) is 0.141. The van der Waals surface area contributed by atoms with E-state index >= 15 is 0 Å². The molecule has 0 unspecified atom stereocenters. The van der Waals surface area contributed by atoms with Crippen LogP contribution in [0.15, 0.2) is 29.4 Å². The molecular formula is C13H22N4O. The molecule has 1 aromatic carbocycles. The van der Waals surface area contributed by atoms with Crippen molar-refractivity contribution in [2.45, 2.75) is 13.5 Å². The van der Waals surface area contributed by atoms with Crippen molar-refractivity contribution in [1.29, 1.82) is 0 Å². The van der Waals surface area contributed by atoms with Crippen molar-refractivity contribution in [3.05, 3.63) is 35.4 Å². The molecule has 0 heterocycles. The third-order valence-corrected chi connectivity index (χ3v) is 2.87. The van der Waals surface area contributed by atoms with Gasteiger partial charge in [0, 0.05) is 25.2 Å². The smallest absolute Gasteiger partial charge is 0.170 e. The Balaban J connectivity index is 2.43. The van der Waals surface area contributed by atoms with Crippen LogP contribution in [0.3, 0.4) is 0 Å². The van der Waals surface area contributed by atoms with Crippen LogP contribution in [0.25, 0.3) is 0 Å². The van der Waals surface area contributed by atoms with Gasteiger partial charge in [-0.25, -0.2) is 0 Å². The predicted octanol–water partition coefficient (Wildman–Crippen LogP) is 0.822. The second kappa shape index (κ2) is 7.68. The van der Waals surface area contributed by atoms with Crippen LogP contribution in [0.1, 0.15) is 18.1 Å². The average molecular weight is 250 g/mol. The van der Waals surface area contributed by atoms with Gasteiger partial charge < -0.3 is 21.2 Å². The van der Waals surface area contributed by atoms with E-state index in [-0.39, 0.29) is 5.84 Å². The van der Waals surface area contributed by atoms with Crippen LogP contribution in [0.2, 0.25) is 0 Å². The van der Waals surface area contributed by atoms with Crippen molar-refractivity contribution in [1.82, 2.24) is 10.2 Å². The molecular weight excluding hydrogens is 228 g/mol. The number of oxime groups is 1. The zero-order chi connectivity index (χ0) is 13.4. The monoisotopic (exact) mass is 250 g/mol. The summed E-state index contributed by atoms with van der Waals surface area (Å²) in [5, 5.41) is 15.0. The molecule has 0 aliphatic heterocycles. The molecule has 0 spiro atoms. The summed E-state index contributed by atoms with van der Waals surface area (Å²) in [6, 6.07) is 7.67. The van der Waals surface area contributed by atoms with E-state index in [1.807, 2.05) is 24.3 Å². The molecule has 0 fully saturated rings. The molecule has 0 bridgehead atoms. The van der Waals surface area contributed by atoms with Gasteiger partial charge in [-0.3, -0.25) is 0 Å². The van der Waals surface area contributed by atoms with Gasteiger partial charge in [0.2, 0.25) is 0 Å². The molecule has 1 aromatic rings. The van der Waals surface area contributed by atoms with Crippen LogP contribution < -0.4 is 11.1 Å². The number of benzene rings is 1. The van der Waals surface area contributed by atoms with Crippen molar-refractivity contribution in [2.24, 2.45) is 10.9 Å². The lowest BCUT2D eigenvalue weighted by Crippen LogP contribution is -2.28. The first kappa shape index (κ1) is 14.5. The molecule has 0 saturated carbocycles. The molecule has 0 amide bonds. The SMILES string of the molecule is CCN(C)CCNCc1cccc(C(N)=NO)c1. The van der Waals surface area contributed by atoms with Crippen molar-refractivity contribution in [3.8, 4) is 0 Å². The van der Waals surface area contributed by atoms with E-state index in [2.05, 4.69) is 29.3 Å². The first-order chi connectivity index (χ1) is 8.67. The summed E-state index contributed by atoms with van der Waals surface area (Å²) in [6.45, 7) is 5.94. The van der Waals surface area contributed by atoms with Crippen LogP contribution in [0.4, 0.5) is 0 Å². The Hall–Kier alpha value is -1.59. The van der Waals surface area contributed by atoms with Crippen LogP contribution in [-0.2, 0) is 6.54 Å². The average Bonchev–Trinajstić information content (AvgIpc) is 2.42. The third-order valence-electron chi connectivity index (χ3n) is 2.87. The van der Waals surface area contributed by atoms with Gasteiger partial charge in [-0.1, -0.05) is 30.3 Å². The second-order valence-corrected chi connectivity index (χ2v) is 4.26. The molecule has 100 valence electrons. The standard InChI is InChI=1S/C13H22N4O/c1-3-17(2)8-7-15-10-11-5-4-6-12(9-11)13(14)16-18/h4-6,9,15,18H,3,7-8,10H2,1-2H3,(H2,14,16). The Labute approximate surface area is 108 Å². The van der Waals surface area contributed by atoms with E-state index in [9.17, 15) is 0 Å². The fourth-order valence-electron chi connectivity index (χ4n) is 1.56. The van der Waals surface area contributed by atoms with E-state index in [4.69, 9.17) is 10.9 Å². The molecule has 0 radical (unpaired) electrons. The highest BCUT2D eigenvalue weighted by molar-refractivity contribution is 5.97. The molecule has 0 aliphatic rings. The van der Waals surface area contributed by atoms with E-state index in [0.717, 1.165) is 37.3 Å².